The number of carbonyl (C=O) groups excluding carboxylic acids is 1. The second-order valence-electron chi connectivity index (χ2n) is 8.52. The van der Waals surface area contributed by atoms with E-state index in [1.165, 1.54) is 5.56 Å². The summed E-state index contributed by atoms with van der Waals surface area (Å²) in [4.78, 5) is 28.2. The van der Waals surface area contributed by atoms with Gasteiger partial charge in [-0.15, -0.1) is 10.2 Å². The van der Waals surface area contributed by atoms with E-state index >= 15 is 0 Å². The largest absolute Gasteiger partial charge is 0.350 e. The second-order valence-corrected chi connectivity index (χ2v) is 8.52. The second kappa shape index (κ2) is 8.47. The highest BCUT2D eigenvalue weighted by Gasteiger charge is 2.35. The van der Waals surface area contributed by atoms with Gasteiger partial charge in [0.25, 0.3) is 11.5 Å². The Morgan fingerprint density at radius 1 is 1.03 bits per heavy atom. The highest BCUT2D eigenvalue weighted by Crippen LogP contribution is 2.35. The van der Waals surface area contributed by atoms with Crippen LogP contribution in [0, 0.1) is 5.92 Å². The van der Waals surface area contributed by atoms with E-state index in [1.807, 2.05) is 16.7 Å². The molecule has 2 atom stereocenters. The maximum Gasteiger partial charge on any atom is 0.263 e. The zero-order valence-corrected chi connectivity index (χ0v) is 17.4. The summed E-state index contributed by atoms with van der Waals surface area (Å²) in [6.45, 7) is 4.51. The lowest BCUT2D eigenvalue weighted by Crippen LogP contribution is -2.47. The molecule has 160 valence electrons. The molecule has 4 heterocycles. The molecule has 3 aromatic rings. The minimum Gasteiger partial charge on any atom is -0.350 e. The number of hydrogen-bond acceptors (Lipinski definition) is 5. The minimum absolute atomic E-state index is 0.175. The number of carbonyl (C=O) groups is 1. The Morgan fingerprint density at radius 2 is 1.84 bits per heavy atom. The number of aromatic nitrogens is 4. The zero-order valence-electron chi connectivity index (χ0n) is 17.4. The van der Waals surface area contributed by atoms with Crippen molar-refractivity contribution in [2.75, 3.05) is 19.6 Å². The zero-order chi connectivity index (χ0) is 21.2. The number of piperidine rings is 1. The van der Waals surface area contributed by atoms with Gasteiger partial charge in [0.15, 0.2) is 0 Å². The molecule has 31 heavy (non-hydrogen) atoms. The molecule has 1 amide bonds. The first-order valence-electron chi connectivity index (χ1n) is 10.8. The number of amides is 1. The average Bonchev–Trinajstić information content (AvgIpc) is 3.29. The lowest BCUT2D eigenvalue weighted by atomic mass is 9.82. The molecule has 2 aromatic heterocycles. The molecule has 0 radical (unpaired) electrons. The first kappa shape index (κ1) is 19.7. The Morgan fingerprint density at radius 3 is 2.65 bits per heavy atom. The molecule has 0 unspecified atom stereocenters. The molecule has 8 nitrogen and oxygen atoms in total. The van der Waals surface area contributed by atoms with E-state index in [9.17, 15) is 9.59 Å². The Balaban J connectivity index is 1.29. The number of rotatable bonds is 6. The number of nitrogens with one attached hydrogen (secondary N) is 1. The van der Waals surface area contributed by atoms with Gasteiger partial charge in [-0.2, -0.15) is 0 Å². The van der Waals surface area contributed by atoms with E-state index in [0.29, 0.717) is 31.5 Å². The topological polar surface area (TPSA) is 85.0 Å². The molecule has 8 heteroatoms. The Kier molecular flexibility index (Phi) is 5.38. The summed E-state index contributed by atoms with van der Waals surface area (Å²) in [6.07, 6.45) is 4.30. The van der Waals surface area contributed by atoms with Crippen molar-refractivity contribution in [3.8, 4) is 0 Å². The third-order valence-corrected chi connectivity index (χ3v) is 6.30. The van der Waals surface area contributed by atoms with Crippen LogP contribution in [-0.4, -0.2) is 49.8 Å². The van der Waals surface area contributed by atoms with Crippen LogP contribution < -0.4 is 10.9 Å². The number of fused-ring (bicyclic) bond motifs is 4. The summed E-state index contributed by atoms with van der Waals surface area (Å²) in [7, 11) is 0. The van der Waals surface area contributed by atoms with Crippen LogP contribution in [0.4, 0.5) is 0 Å². The molecule has 1 fully saturated rings. The minimum atomic E-state index is -0.324. The molecule has 1 N–H and O–H groups in total. The third kappa shape index (κ3) is 4.16. The molecule has 0 aliphatic carbocycles. The van der Waals surface area contributed by atoms with Gasteiger partial charge >= 0.3 is 0 Å². The standard InChI is InChI=1S/C23H26N6O2/c30-22(24-8-9-27-15-25-26-16-27)20-6-7-21-19-10-18(13-29(21)23(20)31)12-28(14-19)11-17-4-2-1-3-5-17/h1-7,15-16,18-19H,8-14H2,(H,24,30)/t18-,19+/m0/s1. The quantitative estimate of drug-likeness (QED) is 0.656. The summed E-state index contributed by atoms with van der Waals surface area (Å²) in [5, 5.41) is 10.3. The molecular formula is C23H26N6O2. The smallest absolute Gasteiger partial charge is 0.263 e. The van der Waals surface area contributed by atoms with Gasteiger partial charge in [0.2, 0.25) is 0 Å². The fourth-order valence-corrected chi connectivity index (χ4v) is 4.92. The number of nitrogens with zero attached hydrogens (tertiary/aromatic N) is 5. The third-order valence-electron chi connectivity index (χ3n) is 6.30. The van der Waals surface area contributed by atoms with E-state index in [0.717, 1.165) is 31.7 Å². The Bertz CT molecular complexity index is 1110. The van der Waals surface area contributed by atoms with Crippen LogP contribution in [0.2, 0.25) is 0 Å². The van der Waals surface area contributed by atoms with Crippen molar-refractivity contribution < 1.29 is 4.79 Å². The van der Waals surface area contributed by atoms with Crippen molar-refractivity contribution in [2.24, 2.45) is 5.92 Å². The fraction of sp³-hybridized carbons (Fsp3) is 0.391. The van der Waals surface area contributed by atoms with Crippen LogP contribution in [0.5, 0.6) is 0 Å². The van der Waals surface area contributed by atoms with Gasteiger partial charge in [0.05, 0.1) is 0 Å². The van der Waals surface area contributed by atoms with E-state index in [-0.39, 0.29) is 17.0 Å². The molecule has 2 aliphatic rings. The molecule has 2 aliphatic heterocycles. The monoisotopic (exact) mass is 418 g/mol. The van der Waals surface area contributed by atoms with Crippen molar-refractivity contribution in [1.82, 2.24) is 29.5 Å². The van der Waals surface area contributed by atoms with Gasteiger partial charge in [-0.3, -0.25) is 14.5 Å². The molecule has 2 bridgehead atoms. The lowest BCUT2D eigenvalue weighted by molar-refractivity contribution is 0.0945. The number of hydrogen-bond donors (Lipinski definition) is 1. The SMILES string of the molecule is O=C(NCCn1cnnc1)c1ccc2n(c1=O)C[C@H]1C[C@@H]2CN(Cc2ccccc2)C1. The van der Waals surface area contributed by atoms with E-state index < -0.39 is 0 Å². The first-order valence-corrected chi connectivity index (χ1v) is 10.8. The number of likely N-dealkylation sites (tertiary alicyclic amines) is 1. The molecule has 1 aromatic carbocycles. The number of pyridine rings is 1. The molecule has 0 saturated carbocycles. The van der Waals surface area contributed by atoms with E-state index in [2.05, 4.69) is 44.7 Å². The van der Waals surface area contributed by atoms with Crippen LogP contribution >= 0.6 is 0 Å². The van der Waals surface area contributed by atoms with Crippen LogP contribution in [-0.2, 0) is 19.6 Å². The van der Waals surface area contributed by atoms with Gasteiger partial charge in [-0.1, -0.05) is 30.3 Å². The van der Waals surface area contributed by atoms with Crippen molar-refractivity contribution in [3.05, 3.63) is 82.3 Å². The first-order chi connectivity index (χ1) is 15.2. The lowest BCUT2D eigenvalue weighted by Gasteiger charge is -2.43. The van der Waals surface area contributed by atoms with Crippen molar-refractivity contribution in [2.45, 2.75) is 32.0 Å². The molecule has 0 spiro atoms. The van der Waals surface area contributed by atoms with Crippen molar-refractivity contribution >= 4 is 5.91 Å². The summed E-state index contributed by atoms with van der Waals surface area (Å²) < 4.78 is 3.62. The highest BCUT2D eigenvalue weighted by atomic mass is 16.2. The maximum atomic E-state index is 13.1. The summed E-state index contributed by atoms with van der Waals surface area (Å²) in [5.41, 5.74) is 2.41. The van der Waals surface area contributed by atoms with E-state index in [4.69, 9.17) is 0 Å². The van der Waals surface area contributed by atoms with Crippen LogP contribution in [0.15, 0.2) is 59.9 Å². The molecule has 5 rings (SSSR count). The highest BCUT2D eigenvalue weighted by molar-refractivity contribution is 5.93. The molecular weight excluding hydrogens is 392 g/mol. The van der Waals surface area contributed by atoms with Gasteiger partial charge in [-0.05, 0) is 30.0 Å². The maximum absolute atomic E-state index is 13.1. The van der Waals surface area contributed by atoms with Crippen LogP contribution in [0.1, 0.15) is 34.0 Å². The van der Waals surface area contributed by atoms with Gasteiger partial charge in [-0.25, -0.2) is 0 Å². The Hall–Kier alpha value is -3.26. The summed E-state index contributed by atoms with van der Waals surface area (Å²) in [6, 6.07) is 14.2. The van der Waals surface area contributed by atoms with Gasteiger partial charge < -0.3 is 14.5 Å². The average molecular weight is 419 g/mol. The van der Waals surface area contributed by atoms with Gasteiger partial charge in [0, 0.05) is 50.9 Å². The Labute approximate surface area is 180 Å². The predicted octanol–water partition coefficient (Wildman–Crippen LogP) is 1.49. The van der Waals surface area contributed by atoms with E-state index in [1.54, 1.807) is 23.3 Å². The normalized spacial score (nSPS) is 20.3. The van der Waals surface area contributed by atoms with Gasteiger partial charge in [0.1, 0.15) is 18.2 Å². The van der Waals surface area contributed by atoms with Crippen LogP contribution in [0.3, 0.4) is 0 Å². The van der Waals surface area contributed by atoms with Crippen molar-refractivity contribution in [3.63, 3.8) is 0 Å². The fourth-order valence-electron chi connectivity index (χ4n) is 4.92. The summed E-state index contributed by atoms with van der Waals surface area (Å²) >= 11 is 0. The predicted molar refractivity (Wildman–Crippen MR) is 116 cm³/mol. The summed E-state index contributed by atoms with van der Waals surface area (Å²) in [5.74, 6) is 0.435. The molecule has 1 saturated heterocycles. The van der Waals surface area contributed by atoms with Crippen LogP contribution in [0.25, 0.3) is 0 Å². The van der Waals surface area contributed by atoms with Crippen molar-refractivity contribution in [1.29, 1.82) is 0 Å². The number of benzene rings is 1.